The number of nitrogens with one attached hydrogen (secondary N) is 2. The van der Waals surface area contributed by atoms with E-state index in [4.69, 9.17) is 5.11 Å². The maximum atomic E-state index is 11.9. The molecule has 4 heteroatoms. The SMILES string of the molecule is CCC(CO)NC(=O)NC(C)C(C)(C)c1ccccc1. The van der Waals surface area contributed by atoms with Crippen LogP contribution in [0.1, 0.15) is 39.7 Å². The lowest BCUT2D eigenvalue weighted by Crippen LogP contribution is -2.51. The van der Waals surface area contributed by atoms with Gasteiger partial charge in [0.15, 0.2) is 0 Å². The van der Waals surface area contributed by atoms with Crippen LogP contribution in [0.25, 0.3) is 0 Å². The molecule has 0 spiro atoms. The van der Waals surface area contributed by atoms with Crippen molar-refractivity contribution in [3.63, 3.8) is 0 Å². The highest BCUT2D eigenvalue weighted by Gasteiger charge is 2.29. The molecule has 0 fully saturated rings. The van der Waals surface area contributed by atoms with Crippen LogP contribution in [-0.4, -0.2) is 29.8 Å². The van der Waals surface area contributed by atoms with Crippen molar-refractivity contribution < 1.29 is 9.90 Å². The third kappa shape index (κ3) is 4.23. The second-order valence-electron chi connectivity index (χ2n) is 5.71. The fourth-order valence-electron chi connectivity index (χ4n) is 2.00. The van der Waals surface area contributed by atoms with Gasteiger partial charge < -0.3 is 15.7 Å². The molecule has 3 N–H and O–H groups in total. The summed E-state index contributed by atoms with van der Waals surface area (Å²) in [6.07, 6.45) is 0.709. The molecule has 2 amide bonds. The van der Waals surface area contributed by atoms with Crippen molar-refractivity contribution in [3.8, 4) is 0 Å². The molecule has 2 atom stereocenters. The summed E-state index contributed by atoms with van der Waals surface area (Å²) in [4.78, 5) is 11.9. The Morgan fingerprint density at radius 2 is 1.85 bits per heavy atom. The quantitative estimate of drug-likeness (QED) is 0.748. The second kappa shape index (κ2) is 7.29. The van der Waals surface area contributed by atoms with Crippen LogP contribution in [-0.2, 0) is 5.41 Å². The fraction of sp³-hybridized carbons (Fsp3) is 0.562. The average Bonchev–Trinajstić information content (AvgIpc) is 2.45. The lowest BCUT2D eigenvalue weighted by atomic mass is 9.78. The summed E-state index contributed by atoms with van der Waals surface area (Å²) in [7, 11) is 0. The molecular formula is C16H26N2O2. The predicted octanol–water partition coefficient (Wildman–Crippen LogP) is 2.42. The minimum atomic E-state index is -0.234. The summed E-state index contributed by atoms with van der Waals surface area (Å²) in [6.45, 7) is 8.10. The predicted molar refractivity (Wildman–Crippen MR) is 81.8 cm³/mol. The Bertz CT molecular complexity index is 414. The van der Waals surface area contributed by atoms with E-state index < -0.39 is 0 Å². The molecule has 0 heterocycles. The van der Waals surface area contributed by atoms with E-state index in [-0.39, 0.29) is 30.1 Å². The van der Waals surface area contributed by atoms with Gasteiger partial charge in [-0.2, -0.15) is 0 Å². The van der Waals surface area contributed by atoms with Gasteiger partial charge in [-0.15, -0.1) is 0 Å². The van der Waals surface area contributed by atoms with Gasteiger partial charge in [0.1, 0.15) is 0 Å². The molecule has 0 aliphatic heterocycles. The summed E-state index contributed by atoms with van der Waals surface area (Å²) in [6, 6.07) is 9.67. The van der Waals surface area contributed by atoms with Gasteiger partial charge in [0, 0.05) is 11.5 Å². The van der Waals surface area contributed by atoms with Crippen LogP contribution in [0, 0.1) is 0 Å². The van der Waals surface area contributed by atoms with E-state index in [1.807, 2.05) is 32.0 Å². The number of carbonyl (C=O) groups is 1. The number of rotatable bonds is 6. The monoisotopic (exact) mass is 278 g/mol. The van der Waals surface area contributed by atoms with Gasteiger partial charge in [0.05, 0.1) is 12.6 Å². The Morgan fingerprint density at radius 3 is 2.35 bits per heavy atom. The first-order valence-corrected chi connectivity index (χ1v) is 7.15. The summed E-state index contributed by atoms with van der Waals surface area (Å²) in [5.74, 6) is 0. The molecule has 2 unspecified atom stereocenters. The Labute approximate surface area is 121 Å². The van der Waals surface area contributed by atoms with Crippen LogP contribution in [0.5, 0.6) is 0 Å². The van der Waals surface area contributed by atoms with Gasteiger partial charge in [-0.25, -0.2) is 4.79 Å². The summed E-state index contributed by atoms with van der Waals surface area (Å²) >= 11 is 0. The molecule has 1 aromatic rings. The van der Waals surface area contributed by atoms with Crippen molar-refractivity contribution in [1.82, 2.24) is 10.6 Å². The number of benzene rings is 1. The highest BCUT2D eigenvalue weighted by atomic mass is 16.3. The molecule has 4 nitrogen and oxygen atoms in total. The van der Waals surface area contributed by atoms with Crippen molar-refractivity contribution in [2.45, 2.75) is 51.6 Å². The fourth-order valence-corrected chi connectivity index (χ4v) is 2.00. The van der Waals surface area contributed by atoms with E-state index in [9.17, 15) is 4.79 Å². The Kier molecular flexibility index (Phi) is 6.02. The first kappa shape index (κ1) is 16.5. The number of urea groups is 1. The maximum Gasteiger partial charge on any atom is 0.315 e. The lowest BCUT2D eigenvalue weighted by Gasteiger charge is -2.33. The van der Waals surface area contributed by atoms with Crippen LogP contribution in [0.3, 0.4) is 0 Å². The van der Waals surface area contributed by atoms with Crippen molar-refractivity contribution in [1.29, 1.82) is 0 Å². The summed E-state index contributed by atoms with van der Waals surface area (Å²) in [5, 5.41) is 14.8. The van der Waals surface area contributed by atoms with Crippen LogP contribution in [0.2, 0.25) is 0 Å². The zero-order chi connectivity index (χ0) is 15.2. The molecule has 0 aliphatic carbocycles. The maximum absolute atomic E-state index is 11.9. The zero-order valence-corrected chi connectivity index (χ0v) is 12.8. The third-order valence-electron chi connectivity index (χ3n) is 4.00. The van der Waals surface area contributed by atoms with Crippen LogP contribution in [0.4, 0.5) is 4.79 Å². The molecule has 1 aromatic carbocycles. The van der Waals surface area contributed by atoms with E-state index in [1.54, 1.807) is 0 Å². The molecule has 0 radical (unpaired) electrons. The number of aliphatic hydroxyl groups excluding tert-OH is 1. The summed E-state index contributed by atoms with van der Waals surface area (Å²) in [5.41, 5.74) is 1.02. The van der Waals surface area contributed by atoms with Crippen LogP contribution < -0.4 is 10.6 Å². The van der Waals surface area contributed by atoms with E-state index in [2.05, 4.69) is 36.6 Å². The first-order valence-electron chi connectivity index (χ1n) is 7.15. The third-order valence-corrected chi connectivity index (χ3v) is 4.00. The molecule has 112 valence electrons. The minimum Gasteiger partial charge on any atom is -0.394 e. The topological polar surface area (TPSA) is 61.4 Å². The largest absolute Gasteiger partial charge is 0.394 e. The Morgan fingerprint density at radius 1 is 1.25 bits per heavy atom. The van der Waals surface area contributed by atoms with Crippen molar-refractivity contribution >= 4 is 6.03 Å². The molecule has 0 aliphatic rings. The molecular weight excluding hydrogens is 252 g/mol. The van der Waals surface area contributed by atoms with E-state index in [1.165, 1.54) is 5.56 Å². The van der Waals surface area contributed by atoms with Crippen molar-refractivity contribution in [2.75, 3.05) is 6.61 Å². The number of aliphatic hydroxyl groups is 1. The van der Waals surface area contributed by atoms with Gasteiger partial charge in [0.25, 0.3) is 0 Å². The molecule has 0 aromatic heterocycles. The normalized spacial score (nSPS) is 14.4. The Balaban J connectivity index is 2.66. The molecule has 0 saturated heterocycles. The standard InChI is InChI=1S/C16H26N2O2/c1-5-14(11-19)18-15(20)17-12(2)16(3,4)13-9-7-6-8-10-13/h6-10,12,14,19H,5,11H2,1-4H3,(H2,17,18,20). The number of hydrogen-bond donors (Lipinski definition) is 3. The van der Waals surface area contributed by atoms with Crippen molar-refractivity contribution in [3.05, 3.63) is 35.9 Å². The van der Waals surface area contributed by atoms with Crippen molar-refractivity contribution in [2.24, 2.45) is 0 Å². The number of carbonyl (C=O) groups excluding carboxylic acids is 1. The highest BCUT2D eigenvalue weighted by molar-refractivity contribution is 5.74. The van der Waals surface area contributed by atoms with E-state index in [0.717, 1.165) is 0 Å². The molecule has 0 bridgehead atoms. The molecule has 20 heavy (non-hydrogen) atoms. The zero-order valence-electron chi connectivity index (χ0n) is 12.8. The highest BCUT2D eigenvalue weighted by Crippen LogP contribution is 2.26. The smallest absolute Gasteiger partial charge is 0.315 e. The van der Waals surface area contributed by atoms with Gasteiger partial charge >= 0.3 is 6.03 Å². The van der Waals surface area contributed by atoms with Gasteiger partial charge in [0.2, 0.25) is 0 Å². The van der Waals surface area contributed by atoms with E-state index in [0.29, 0.717) is 6.42 Å². The minimum absolute atomic E-state index is 0.0268. The van der Waals surface area contributed by atoms with Crippen LogP contribution in [0.15, 0.2) is 30.3 Å². The lowest BCUT2D eigenvalue weighted by molar-refractivity contribution is 0.208. The van der Waals surface area contributed by atoms with Gasteiger partial charge in [-0.3, -0.25) is 0 Å². The summed E-state index contributed by atoms with van der Waals surface area (Å²) < 4.78 is 0. The number of hydrogen-bond acceptors (Lipinski definition) is 2. The van der Waals surface area contributed by atoms with Crippen LogP contribution >= 0.6 is 0 Å². The first-order chi connectivity index (χ1) is 9.41. The van der Waals surface area contributed by atoms with Gasteiger partial charge in [-0.1, -0.05) is 51.1 Å². The van der Waals surface area contributed by atoms with Gasteiger partial charge in [-0.05, 0) is 18.9 Å². The molecule has 1 rings (SSSR count). The second-order valence-corrected chi connectivity index (χ2v) is 5.71. The average molecular weight is 278 g/mol. The Hall–Kier alpha value is -1.55. The number of amides is 2. The van der Waals surface area contributed by atoms with E-state index >= 15 is 0 Å². The molecule has 0 saturated carbocycles.